The fourth-order valence-corrected chi connectivity index (χ4v) is 5.13. The van der Waals surface area contributed by atoms with Gasteiger partial charge in [-0.3, -0.25) is 9.52 Å². The van der Waals surface area contributed by atoms with Crippen LogP contribution < -0.4 is 10.0 Å². The number of amides is 1. The summed E-state index contributed by atoms with van der Waals surface area (Å²) in [6.07, 6.45) is 0. The van der Waals surface area contributed by atoms with E-state index in [1.807, 2.05) is 48.5 Å². The molecule has 0 fully saturated rings. The molecule has 3 aromatic carbocycles. The van der Waals surface area contributed by atoms with Crippen molar-refractivity contribution < 1.29 is 13.2 Å². The van der Waals surface area contributed by atoms with Crippen molar-refractivity contribution in [2.24, 2.45) is 4.99 Å². The first-order valence-corrected chi connectivity index (χ1v) is 10.5. The van der Waals surface area contributed by atoms with Gasteiger partial charge in [0.05, 0.1) is 4.90 Å². The van der Waals surface area contributed by atoms with Crippen LogP contribution >= 0.6 is 11.8 Å². The van der Waals surface area contributed by atoms with E-state index in [0.717, 1.165) is 22.8 Å². The molecular weight excluding hydrogens is 382 g/mol. The first-order valence-electron chi connectivity index (χ1n) is 8.14. The zero-order valence-corrected chi connectivity index (χ0v) is 15.6. The second-order valence-corrected chi connectivity index (χ2v) is 8.59. The molecule has 1 amide bonds. The van der Waals surface area contributed by atoms with Gasteiger partial charge in [-0.15, -0.1) is 0 Å². The summed E-state index contributed by atoms with van der Waals surface area (Å²) in [6.45, 7) is 0. The number of carbonyl (C=O) groups excluding carboxylic acids is 1. The summed E-state index contributed by atoms with van der Waals surface area (Å²) in [7, 11) is -3.87. The standard InChI is InChI=1S/C19H15N3O3S2/c23-17-18(20-14-9-2-1-3-10-14)26-19(21-17)22-27(24,25)16-12-6-8-13-7-4-5-11-15(13)16/h1-12,18,20H,(H,21,22,23). The molecule has 27 heavy (non-hydrogen) atoms. The molecule has 0 radical (unpaired) electrons. The number of aliphatic imine (C=N–C) groups is 1. The van der Waals surface area contributed by atoms with E-state index in [-0.39, 0.29) is 10.1 Å². The highest BCUT2D eigenvalue weighted by molar-refractivity contribution is 8.16. The van der Waals surface area contributed by atoms with Gasteiger partial charge in [0.25, 0.3) is 15.9 Å². The van der Waals surface area contributed by atoms with Crippen molar-refractivity contribution in [3.63, 3.8) is 0 Å². The predicted octanol–water partition coefficient (Wildman–Crippen LogP) is 3.19. The normalized spacial score (nSPS) is 17.0. The van der Waals surface area contributed by atoms with Crippen LogP contribution in [0.3, 0.4) is 0 Å². The van der Waals surface area contributed by atoms with Crippen LogP contribution in [0.15, 0.2) is 82.7 Å². The summed E-state index contributed by atoms with van der Waals surface area (Å²) in [5.74, 6) is -0.431. The second-order valence-electron chi connectivity index (χ2n) is 5.85. The number of nitrogens with one attached hydrogen (secondary N) is 2. The van der Waals surface area contributed by atoms with E-state index < -0.39 is 21.3 Å². The monoisotopic (exact) mass is 397 g/mol. The zero-order valence-electron chi connectivity index (χ0n) is 14.0. The van der Waals surface area contributed by atoms with Crippen molar-refractivity contribution in [3.8, 4) is 0 Å². The van der Waals surface area contributed by atoms with E-state index in [1.54, 1.807) is 18.2 Å². The van der Waals surface area contributed by atoms with Gasteiger partial charge in [0.2, 0.25) is 0 Å². The molecule has 6 nitrogen and oxygen atoms in total. The minimum Gasteiger partial charge on any atom is -0.365 e. The number of rotatable bonds is 4. The maximum absolute atomic E-state index is 12.8. The summed E-state index contributed by atoms with van der Waals surface area (Å²) >= 11 is 1.04. The number of carbonyl (C=O) groups is 1. The number of anilines is 1. The maximum atomic E-state index is 12.8. The van der Waals surface area contributed by atoms with E-state index in [1.165, 1.54) is 6.07 Å². The van der Waals surface area contributed by atoms with Crippen LogP contribution in [0.5, 0.6) is 0 Å². The van der Waals surface area contributed by atoms with Gasteiger partial charge in [-0.05, 0) is 23.6 Å². The molecule has 0 spiro atoms. The van der Waals surface area contributed by atoms with E-state index in [0.29, 0.717) is 5.39 Å². The van der Waals surface area contributed by atoms with Gasteiger partial charge in [-0.1, -0.05) is 66.4 Å². The molecule has 136 valence electrons. The maximum Gasteiger partial charge on any atom is 0.281 e. The third-order valence-electron chi connectivity index (χ3n) is 4.00. The molecular formula is C19H15N3O3S2. The fraction of sp³-hybridized carbons (Fsp3) is 0.0526. The summed E-state index contributed by atoms with van der Waals surface area (Å²) in [4.78, 5) is 16.1. The molecule has 0 bridgehead atoms. The lowest BCUT2D eigenvalue weighted by Crippen LogP contribution is -2.28. The highest BCUT2D eigenvalue weighted by atomic mass is 32.2. The molecule has 8 heteroatoms. The molecule has 0 saturated carbocycles. The number of para-hydroxylation sites is 1. The van der Waals surface area contributed by atoms with Crippen molar-refractivity contribution in [3.05, 3.63) is 72.8 Å². The van der Waals surface area contributed by atoms with Crippen molar-refractivity contribution in [1.82, 2.24) is 4.72 Å². The van der Waals surface area contributed by atoms with Crippen LogP contribution in [0.4, 0.5) is 5.69 Å². The number of sulfonamides is 1. The lowest BCUT2D eigenvalue weighted by Gasteiger charge is -2.12. The predicted molar refractivity (Wildman–Crippen MR) is 108 cm³/mol. The van der Waals surface area contributed by atoms with E-state index in [9.17, 15) is 13.2 Å². The number of fused-ring (bicyclic) bond motifs is 1. The minimum absolute atomic E-state index is 0.0568. The average Bonchev–Trinajstić information content (AvgIpc) is 3.00. The fourth-order valence-electron chi connectivity index (χ4n) is 2.77. The second kappa shape index (κ2) is 7.05. The molecule has 2 N–H and O–H groups in total. The average molecular weight is 397 g/mol. The van der Waals surface area contributed by atoms with Gasteiger partial charge in [0.1, 0.15) is 0 Å². The number of nitrogens with zero attached hydrogens (tertiary/aromatic N) is 1. The first kappa shape index (κ1) is 17.6. The van der Waals surface area contributed by atoms with Crippen LogP contribution in [-0.4, -0.2) is 24.9 Å². The Morgan fingerprint density at radius 1 is 0.889 bits per heavy atom. The number of thioether (sulfide) groups is 1. The van der Waals surface area contributed by atoms with Gasteiger partial charge in [-0.25, -0.2) is 8.42 Å². The molecule has 1 atom stereocenters. The molecule has 0 aliphatic carbocycles. The Balaban J connectivity index is 1.55. The largest absolute Gasteiger partial charge is 0.365 e. The van der Waals surface area contributed by atoms with E-state index in [2.05, 4.69) is 15.0 Å². The van der Waals surface area contributed by atoms with Crippen molar-refractivity contribution in [2.45, 2.75) is 10.3 Å². The van der Waals surface area contributed by atoms with Crippen LogP contribution in [-0.2, 0) is 14.8 Å². The third-order valence-corrected chi connectivity index (χ3v) is 6.50. The van der Waals surface area contributed by atoms with Crippen molar-refractivity contribution in [2.75, 3.05) is 5.32 Å². The number of hydrogen-bond acceptors (Lipinski definition) is 5. The van der Waals surface area contributed by atoms with Gasteiger partial charge < -0.3 is 5.32 Å². The quantitative estimate of drug-likeness (QED) is 0.706. The Bertz CT molecular complexity index is 1140. The molecule has 1 heterocycles. The van der Waals surface area contributed by atoms with E-state index in [4.69, 9.17) is 0 Å². The first-order chi connectivity index (χ1) is 13.0. The molecule has 1 aliphatic rings. The van der Waals surface area contributed by atoms with Crippen LogP contribution in [0.1, 0.15) is 0 Å². The Labute approximate surface area is 160 Å². The van der Waals surface area contributed by atoms with Crippen molar-refractivity contribution in [1.29, 1.82) is 0 Å². The zero-order chi connectivity index (χ0) is 18.9. The SMILES string of the molecule is O=C1N=C(NS(=O)(=O)c2cccc3ccccc23)SC1Nc1ccccc1. The summed E-state index contributed by atoms with van der Waals surface area (Å²) in [5.41, 5.74) is 0.761. The lowest BCUT2D eigenvalue weighted by molar-refractivity contribution is -0.116. The summed E-state index contributed by atoms with van der Waals surface area (Å²) in [5, 5.41) is 3.86. The highest BCUT2D eigenvalue weighted by Crippen LogP contribution is 2.26. The van der Waals surface area contributed by atoms with Gasteiger partial charge in [0.15, 0.2) is 10.5 Å². The van der Waals surface area contributed by atoms with Gasteiger partial charge in [0, 0.05) is 11.1 Å². The minimum atomic E-state index is -3.87. The van der Waals surface area contributed by atoms with Gasteiger partial charge >= 0.3 is 0 Å². The Morgan fingerprint density at radius 3 is 2.41 bits per heavy atom. The number of hydrogen-bond donors (Lipinski definition) is 2. The van der Waals surface area contributed by atoms with Gasteiger partial charge in [-0.2, -0.15) is 4.99 Å². The number of amidine groups is 1. The Morgan fingerprint density at radius 2 is 1.59 bits per heavy atom. The molecule has 1 aliphatic heterocycles. The van der Waals surface area contributed by atoms with Crippen molar-refractivity contribution >= 4 is 49.3 Å². The molecule has 1 unspecified atom stereocenters. The van der Waals surface area contributed by atoms with Crippen LogP contribution in [0, 0.1) is 0 Å². The Hall–Kier alpha value is -2.84. The summed E-state index contributed by atoms with van der Waals surface area (Å²) in [6, 6.07) is 21.5. The molecule has 0 saturated heterocycles. The topological polar surface area (TPSA) is 87.6 Å². The molecule has 0 aromatic heterocycles. The smallest absolute Gasteiger partial charge is 0.281 e. The molecule has 3 aromatic rings. The van der Waals surface area contributed by atoms with Crippen LogP contribution in [0.2, 0.25) is 0 Å². The third kappa shape index (κ3) is 3.67. The number of benzene rings is 3. The Kier molecular flexibility index (Phi) is 4.59. The summed E-state index contributed by atoms with van der Waals surface area (Å²) < 4.78 is 28.1. The van der Waals surface area contributed by atoms with E-state index >= 15 is 0 Å². The highest BCUT2D eigenvalue weighted by Gasteiger charge is 2.31. The lowest BCUT2D eigenvalue weighted by atomic mass is 10.1. The molecule has 4 rings (SSSR count). The van der Waals surface area contributed by atoms with Crippen LogP contribution in [0.25, 0.3) is 10.8 Å².